The summed E-state index contributed by atoms with van der Waals surface area (Å²) in [5.74, 6) is 0. The Morgan fingerprint density at radius 3 is 2.52 bits per heavy atom. The van der Waals surface area contributed by atoms with Crippen molar-refractivity contribution in [2.45, 2.75) is 20.4 Å². The molecule has 1 aliphatic rings. The molecule has 5 rings (SSSR count). The summed E-state index contributed by atoms with van der Waals surface area (Å²) in [6.45, 7) is 9.00. The van der Waals surface area contributed by atoms with Crippen molar-refractivity contribution < 1.29 is 0 Å². The van der Waals surface area contributed by atoms with E-state index in [1.165, 1.54) is 28.2 Å². The first-order valence-electron chi connectivity index (χ1n) is 10.7. The molecule has 1 aliphatic heterocycles. The van der Waals surface area contributed by atoms with Crippen molar-refractivity contribution >= 4 is 22.0 Å². The number of benzene rings is 2. The third kappa shape index (κ3) is 3.89. The van der Waals surface area contributed by atoms with Gasteiger partial charge in [-0.15, -0.1) is 11.3 Å². The Bertz CT molecular complexity index is 1270. The molecule has 2 aromatic carbocycles. The summed E-state index contributed by atoms with van der Waals surface area (Å²) < 4.78 is 1.72. The van der Waals surface area contributed by atoms with Crippen molar-refractivity contribution in [2.24, 2.45) is 0 Å². The molecule has 2 aromatic heterocycles. The standard InChI is InChI=1S/C25H26N4OS/c1-18-7-6-10-22(19(18)2)28-13-11-27(12-14-28)16-21-15-24(30)29-23(17-31-25(29)26-21)20-8-4-3-5-9-20/h3-10,15,17H,11-14,16H2,1-2H3. The highest BCUT2D eigenvalue weighted by atomic mass is 32.1. The number of hydrogen-bond donors (Lipinski definition) is 0. The lowest BCUT2D eigenvalue weighted by Crippen LogP contribution is -2.46. The molecule has 158 valence electrons. The number of hydrogen-bond acceptors (Lipinski definition) is 5. The first kappa shape index (κ1) is 20.0. The molecule has 0 radical (unpaired) electrons. The summed E-state index contributed by atoms with van der Waals surface area (Å²) >= 11 is 1.52. The summed E-state index contributed by atoms with van der Waals surface area (Å²) in [5, 5.41) is 2.02. The van der Waals surface area contributed by atoms with Crippen LogP contribution >= 0.6 is 11.3 Å². The molecule has 6 heteroatoms. The van der Waals surface area contributed by atoms with Gasteiger partial charge in [0, 0.05) is 49.9 Å². The zero-order valence-corrected chi connectivity index (χ0v) is 18.7. The summed E-state index contributed by atoms with van der Waals surface area (Å²) in [6, 6.07) is 18.2. The molecular weight excluding hydrogens is 404 g/mol. The summed E-state index contributed by atoms with van der Waals surface area (Å²) in [5.41, 5.74) is 6.83. The normalized spacial score (nSPS) is 15.0. The highest BCUT2D eigenvalue weighted by Crippen LogP contribution is 2.25. The van der Waals surface area contributed by atoms with E-state index >= 15 is 0 Å². The maximum absolute atomic E-state index is 12.9. The van der Waals surface area contributed by atoms with Crippen LogP contribution in [0.5, 0.6) is 0 Å². The second-order valence-electron chi connectivity index (χ2n) is 8.17. The van der Waals surface area contributed by atoms with Crippen LogP contribution < -0.4 is 10.5 Å². The van der Waals surface area contributed by atoms with Crippen LogP contribution in [0, 0.1) is 13.8 Å². The number of thiazole rings is 1. The number of rotatable bonds is 4. The van der Waals surface area contributed by atoms with E-state index < -0.39 is 0 Å². The van der Waals surface area contributed by atoms with Crippen LogP contribution in [-0.4, -0.2) is 40.5 Å². The summed E-state index contributed by atoms with van der Waals surface area (Å²) in [4.78, 5) is 23.3. The van der Waals surface area contributed by atoms with Gasteiger partial charge in [-0.25, -0.2) is 4.98 Å². The van der Waals surface area contributed by atoms with Gasteiger partial charge in [0.05, 0.1) is 11.4 Å². The number of anilines is 1. The van der Waals surface area contributed by atoms with Crippen molar-refractivity contribution in [1.29, 1.82) is 0 Å². The van der Waals surface area contributed by atoms with Gasteiger partial charge in [0.25, 0.3) is 5.56 Å². The third-order valence-electron chi connectivity index (χ3n) is 6.20. The highest BCUT2D eigenvalue weighted by molar-refractivity contribution is 7.15. The van der Waals surface area contributed by atoms with Gasteiger partial charge in [-0.3, -0.25) is 14.1 Å². The van der Waals surface area contributed by atoms with E-state index in [1.54, 1.807) is 10.5 Å². The van der Waals surface area contributed by atoms with Gasteiger partial charge in [-0.1, -0.05) is 42.5 Å². The Labute approximate surface area is 186 Å². The minimum absolute atomic E-state index is 0.00544. The van der Waals surface area contributed by atoms with Crippen LogP contribution in [0.4, 0.5) is 5.69 Å². The summed E-state index contributed by atoms with van der Waals surface area (Å²) in [6.07, 6.45) is 0. The smallest absolute Gasteiger partial charge is 0.259 e. The predicted octanol–water partition coefficient (Wildman–Crippen LogP) is 4.36. The van der Waals surface area contributed by atoms with Gasteiger partial charge in [-0.05, 0) is 36.6 Å². The SMILES string of the molecule is Cc1cccc(N2CCN(Cc3cc(=O)n4c(-c5ccccc5)csc4n3)CC2)c1C. The molecule has 0 bridgehead atoms. The molecule has 1 saturated heterocycles. The molecule has 0 saturated carbocycles. The van der Waals surface area contributed by atoms with Crippen molar-refractivity contribution in [1.82, 2.24) is 14.3 Å². The van der Waals surface area contributed by atoms with Crippen LogP contribution in [0.25, 0.3) is 16.2 Å². The molecule has 0 amide bonds. The number of fused-ring (bicyclic) bond motifs is 1. The van der Waals surface area contributed by atoms with E-state index in [4.69, 9.17) is 4.98 Å². The largest absolute Gasteiger partial charge is 0.369 e. The minimum atomic E-state index is -0.00544. The molecule has 0 unspecified atom stereocenters. The van der Waals surface area contributed by atoms with Gasteiger partial charge in [0.1, 0.15) is 0 Å². The topological polar surface area (TPSA) is 40.9 Å². The Morgan fingerprint density at radius 1 is 0.968 bits per heavy atom. The Kier molecular flexibility index (Phi) is 5.34. The molecular formula is C25H26N4OS. The van der Waals surface area contributed by atoms with Crippen LogP contribution in [0.3, 0.4) is 0 Å². The second kappa shape index (κ2) is 8.29. The molecule has 3 heterocycles. The maximum Gasteiger partial charge on any atom is 0.259 e. The molecule has 5 nitrogen and oxygen atoms in total. The molecule has 0 N–H and O–H groups in total. The molecule has 0 spiro atoms. The lowest BCUT2D eigenvalue weighted by atomic mass is 10.1. The molecule has 31 heavy (non-hydrogen) atoms. The Hall–Kier alpha value is -2.96. The summed E-state index contributed by atoms with van der Waals surface area (Å²) in [7, 11) is 0. The lowest BCUT2D eigenvalue weighted by Gasteiger charge is -2.36. The zero-order chi connectivity index (χ0) is 21.4. The van der Waals surface area contributed by atoms with E-state index in [0.29, 0.717) is 6.54 Å². The van der Waals surface area contributed by atoms with Crippen LogP contribution in [0.1, 0.15) is 16.8 Å². The number of nitrogens with zero attached hydrogens (tertiary/aromatic N) is 4. The third-order valence-corrected chi connectivity index (χ3v) is 7.03. The van der Waals surface area contributed by atoms with Crippen LogP contribution in [0.15, 0.2) is 64.8 Å². The van der Waals surface area contributed by atoms with Gasteiger partial charge in [0.2, 0.25) is 0 Å². The Balaban J connectivity index is 1.32. The molecule has 1 fully saturated rings. The van der Waals surface area contributed by atoms with E-state index in [2.05, 4.69) is 41.8 Å². The molecule has 0 atom stereocenters. The van der Waals surface area contributed by atoms with Crippen molar-refractivity contribution in [3.63, 3.8) is 0 Å². The van der Waals surface area contributed by atoms with Gasteiger partial charge >= 0.3 is 0 Å². The first-order valence-corrected chi connectivity index (χ1v) is 11.6. The quantitative estimate of drug-likeness (QED) is 0.482. The molecule has 4 aromatic rings. The van der Waals surface area contributed by atoms with E-state index in [-0.39, 0.29) is 5.56 Å². The van der Waals surface area contributed by atoms with Crippen LogP contribution in [0.2, 0.25) is 0 Å². The first-order chi connectivity index (χ1) is 15.1. The fraction of sp³-hybridized carbons (Fsp3) is 0.280. The zero-order valence-electron chi connectivity index (χ0n) is 17.9. The number of aryl methyl sites for hydroxylation is 1. The number of aromatic nitrogens is 2. The maximum atomic E-state index is 12.9. The lowest BCUT2D eigenvalue weighted by molar-refractivity contribution is 0.247. The highest BCUT2D eigenvalue weighted by Gasteiger charge is 2.20. The second-order valence-corrected chi connectivity index (χ2v) is 9.01. The number of piperazine rings is 1. The van der Waals surface area contributed by atoms with Gasteiger partial charge < -0.3 is 4.90 Å². The van der Waals surface area contributed by atoms with Gasteiger partial charge in [-0.2, -0.15) is 0 Å². The fourth-order valence-electron chi connectivity index (χ4n) is 4.31. The van der Waals surface area contributed by atoms with Gasteiger partial charge in [0.15, 0.2) is 4.96 Å². The van der Waals surface area contributed by atoms with E-state index in [9.17, 15) is 4.79 Å². The average Bonchev–Trinajstić information content (AvgIpc) is 3.22. The van der Waals surface area contributed by atoms with Crippen molar-refractivity contribution in [3.05, 3.63) is 87.2 Å². The fourth-order valence-corrected chi connectivity index (χ4v) is 5.23. The predicted molar refractivity (Wildman–Crippen MR) is 128 cm³/mol. The van der Waals surface area contributed by atoms with Crippen molar-refractivity contribution in [2.75, 3.05) is 31.1 Å². The van der Waals surface area contributed by atoms with Crippen molar-refractivity contribution in [3.8, 4) is 11.3 Å². The van der Waals surface area contributed by atoms with E-state index in [0.717, 1.165) is 48.1 Å². The Morgan fingerprint density at radius 2 is 1.74 bits per heavy atom. The molecule has 0 aliphatic carbocycles. The minimum Gasteiger partial charge on any atom is -0.369 e. The van der Waals surface area contributed by atoms with E-state index in [1.807, 2.05) is 35.7 Å². The monoisotopic (exact) mass is 430 g/mol. The average molecular weight is 431 g/mol. The van der Waals surface area contributed by atoms with Crippen LogP contribution in [-0.2, 0) is 6.54 Å².